The quantitative estimate of drug-likeness (QED) is 0.367. The van der Waals surface area contributed by atoms with Crippen molar-refractivity contribution in [1.82, 2.24) is 15.5 Å². The van der Waals surface area contributed by atoms with Crippen LogP contribution < -0.4 is 10.6 Å². The van der Waals surface area contributed by atoms with Crippen LogP contribution in [0.5, 0.6) is 0 Å². The number of rotatable bonds is 6. The Labute approximate surface area is 181 Å². The number of piperidine rings is 1. The molecule has 152 valence electrons. The molecule has 6 heteroatoms. The van der Waals surface area contributed by atoms with Crippen LogP contribution in [0.4, 0.5) is 0 Å². The molecule has 1 saturated heterocycles. The van der Waals surface area contributed by atoms with Crippen molar-refractivity contribution in [3.05, 3.63) is 35.4 Å². The predicted molar refractivity (Wildman–Crippen MR) is 124 cm³/mol. The summed E-state index contributed by atoms with van der Waals surface area (Å²) in [5.74, 6) is 1.39. The number of carbonyl (C=O) groups excluding carboxylic acids is 1. The first-order chi connectivity index (χ1) is 12.5. The van der Waals surface area contributed by atoms with Gasteiger partial charge in [-0.2, -0.15) is 0 Å². The number of amides is 1. The van der Waals surface area contributed by atoms with Gasteiger partial charge in [0.05, 0.1) is 0 Å². The lowest BCUT2D eigenvalue weighted by Gasteiger charge is -2.33. The van der Waals surface area contributed by atoms with Gasteiger partial charge in [-0.3, -0.25) is 9.79 Å². The molecule has 0 radical (unpaired) electrons. The molecule has 1 heterocycles. The van der Waals surface area contributed by atoms with E-state index in [1.54, 1.807) is 7.05 Å². The lowest BCUT2D eigenvalue weighted by Crippen LogP contribution is -2.44. The van der Waals surface area contributed by atoms with Crippen molar-refractivity contribution >= 4 is 35.8 Å². The van der Waals surface area contributed by atoms with Gasteiger partial charge in [-0.15, -0.1) is 24.0 Å². The van der Waals surface area contributed by atoms with Gasteiger partial charge in [-0.25, -0.2) is 0 Å². The zero-order chi connectivity index (χ0) is 18.9. The fourth-order valence-electron chi connectivity index (χ4n) is 3.46. The van der Waals surface area contributed by atoms with Crippen molar-refractivity contribution in [3.8, 4) is 0 Å². The highest BCUT2D eigenvalue weighted by molar-refractivity contribution is 14.0. The molecule has 1 aliphatic rings. The topological polar surface area (TPSA) is 56.7 Å². The number of guanidine groups is 1. The van der Waals surface area contributed by atoms with E-state index in [1.165, 1.54) is 17.5 Å². The first-order valence-electron chi connectivity index (χ1n) is 9.81. The number of aliphatic imine (C=N–C) groups is 1. The summed E-state index contributed by atoms with van der Waals surface area (Å²) in [5, 5.41) is 6.63. The highest BCUT2D eigenvalue weighted by Gasteiger charge is 2.22. The first kappa shape index (κ1) is 23.7. The fourth-order valence-corrected chi connectivity index (χ4v) is 3.46. The molecule has 2 unspecified atom stereocenters. The third-order valence-corrected chi connectivity index (χ3v) is 5.17. The lowest BCUT2D eigenvalue weighted by molar-refractivity contribution is -0.134. The molecule has 0 aliphatic carbocycles. The number of halogens is 1. The third kappa shape index (κ3) is 7.68. The van der Waals surface area contributed by atoms with Gasteiger partial charge in [0.2, 0.25) is 5.91 Å². The summed E-state index contributed by atoms with van der Waals surface area (Å²) in [6.07, 6.45) is 4.00. The smallest absolute Gasteiger partial charge is 0.224 e. The van der Waals surface area contributed by atoms with Crippen molar-refractivity contribution in [2.75, 3.05) is 26.7 Å². The number of nitrogens with one attached hydrogen (secondary N) is 2. The maximum absolute atomic E-state index is 12.4. The van der Waals surface area contributed by atoms with E-state index in [0.717, 1.165) is 31.9 Å². The summed E-state index contributed by atoms with van der Waals surface area (Å²) in [6, 6.07) is 8.98. The molecular weight excluding hydrogens is 451 g/mol. The zero-order valence-electron chi connectivity index (χ0n) is 17.1. The number of hydrogen-bond donors (Lipinski definition) is 2. The molecule has 2 N–H and O–H groups in total. The van der Waals surface area contributed by atoms with Crippen molar-refractivity contribution in [2.24, 2.45) is 4.99 Å². The van der Waals surface area contributed by atoms with Crippen LogP contribution in [-0.4, -0.2) is 49.5 Å². The highest BCUT2D eigenvalue weighted by Crippen LogP contribution is 2.17. The van der Waals surface area contributed by atoms with E-state index in [4.69, 9.17) is 0 Å². The van der Waals surface area contributed by atoms with Gasteiger partial charge in [0.25, 0.3) is 0 Å². The molecule has 1 aromatic rings. The molecule has 0 saturated carbocycles. The summed E-state index contributed by atoms with van der Waals surface area (Å²) in [6.45, 7) is 8.79. The van der Waals surface area contributed by atoms with Crippen LogP contribution in [-0.2, 0) is 4.79 Å². The Hall–Kier alpha value is -1.31. The van der Waals surface area contributed by atoms with Crippen LogP contribution in [0.3, 0.4) is 0 Å². The van der Waals surface area contributed by atoms with Crippen LogP contribution in [0.25, 0.3) is 0 Å². The van der Waals surface area contributed by atoms with Gasteiger partial charge in [0.1, 0.15) is 0 Å². The van der Waals surface area contributed by atoms with Crippen molar-refractivity contribution in [2.45, 2.75) is 58.4 Å². The minimum absolute atomic E-state index is 0. The van der Waals surface area contributed by atoms with Crippen molar-refractivity contribution in [1.29, 1.82) is 0 Å². The standard InChI is InChI=1S/C21H34N4O.HI/c1-16-8-7-10-19(14-16)17(2)15-24-21(22-4)23-12-11-20(26)25-13-6-5-9-18(25)3;/h7-8,10,14,17-18H,5-6,9,11-13,15H2,1-4H3,(H2,22,23,24);1H. The fraction of sp³-hybridized carbons (Fsp3) is 0.619. The predicted octanol–water partition coefficient (Wildman–Crippen LogP) is 3.67. The second-order valence-electron chi connectivity index (χ2n) is 7.38. The lowest BCUT2D eigenvalue weighted by atomic mass is 9.99. The van der Waals surface area contributed by atoms with Gasteiger partial charge < -0.3 is 15.5 Å². The van der Waals surface area contributed by atoms with E-state index in [0.29, 0.717) is 24.9 Å². The van der Waals surface area contributed by atoms with Crippen LogP contribution in [0.1, 0.15) is 56.6 Å². The molecule has 27 heavy (non-hydrogen) atoms. The van der Waals surface area contributed by atoms with E-state index in [1.807, 2.05) is 4.90 Å². The summed E-state index contributed by atoms with van der Waals surface area (Å²) in [5.41, 5.74) is 2.60. The maximum atomic E-state index is 12.4. The third-order valence-electron chi connectivity index (χ3n) is 5.17. The Bertz CT molecular complexity index is 620. The summed E-state index contributed by atoms with van der Waals surface area (Å²) < 4.78 is 0. The highest BCUT2D eigenvalue weighted by atomic mass is 127. The Morgan fingerprint density at radius 3 is 2.78 bits per heavy atom. The number of carbonyl (C=O) groups is 1. The van der Waals surface area contributed by atoms with Gasteiger partial charge in [0.15, 0.2) is 5.96 Å². The first-order valence-corrected chi connectivity index (χ1v) is 9.81. The molecule has 1 aliphatic heterocycles. The second-order valence-corrected chi connectivity index (χ2v) is 7.38. The molecule has 2 rings (SSSR count). The Kier molecular flexibility index (Phi) is 10.7. The number of hydrogen-bond acceptors (Lipinski definition) is 2. The minimum atomic E-state index is 0. The van der Waals surface area contributed by atoms with Gasteiger partial charge in [0, 0.05) is 39.1 Å². The maximum Gasteiger partial charge on any atom is 0.224 e. The molecule has 0 aromatic heterocycles. The summed E-state index contributed by atoms with van der Waals surface area (Å²) >= 11 is 0. The molecule has 0 spiro atoms. The van der Waals surface area contributed by atoms with E-state index in [-0.39, 0.29) is 29.9 Å². The molecular formula is C21H35IN4O. The van der Waals surface area contributed by atoms with Gasteiger partial charge in [-0.05, 0) is 44.6 Å². The molecule has 1 amide bonds. The van der Waals surface area contributed by atoms with Crippen LogP contribution in [0.2, 0.25) is 0 Å². The second kappa shape index (κ2) is 12.2. The molecule has 1 aromatic carbocycles. The normalized spacial score (nSPS) is 18.4. The molecule has 2 atom stereocenters. The summed E-state index contributed by atoms with van der Waals surface area (Å²) in [7, 11) is 1.77. The largest absolute Gasteiger partial charge is 0.356 e. The summed E-state index contributed by atoms with van der Waals surface area (Å²) in [4.78, 5) is 18.7. The monoisotopic (exact) mass is 486 g/mol. The van der Waals surface area contributed by atoms with E-state index >= 15 is 0 Å². The van der Waals surface area contributed by atoms with E-state index in [2.05, 4.69) is 60.7 Å². The Morgan fingerprint density at radius 2 is 2.11 bits per heavy atom. The Balaban J connectivity index is 0.00000364. The average Bonchev–Trinajstić information content (AvgIpc) is 2.64. The van der Waals surface area contributed by atoms with Crippen LogP contribution in [0, 0.1) is 6.92 Å². The number of likely N-dealkylation sites (tertiary alicyclic amines) is 1. The number of nitrogens with zero attached hydrogens (tertiary/aromatic N) is 2. The average molecular weight is 486 g/mol. The van der Waals surface area contributed by atoms with Crippen molar-refractivity contribution < 1.29 is 4.79 Å². The number of aryl methyl sites for hydroxylation is 1. The van der Waals surface area contributed by atoms with E-state index < -0.39 is 0 Å². The van der Waals surface area contributed by atoms with Crippen LogP contribution >= 0.6 is 24.0 Å². The van der Waals surface area contributed by atoms with Crippen LogP contribution in [0.15, 0.2) is 29.3 Å². The van der Waals surface area contributed by atoms with Crippen molar-refractivity contribution in [3.63, 3.8) is 0 Å². The minimum Gasteiger partial charge on any atom is -0.356 e. The van der Waals surface area contributed by atoms with Gasteiger partial charge in [-0.1, -0.05) is 36.8 Å². The SMILES string of the molecule is CN=C(NCCC(=O)N1CCCCC1C)NCC(C)c1cccc(C)c1.I. The Morgan fingerprint density at radius 1 is 1.33 bits per heavy atom. The number of benzene rings is 1. The molecule has 1 fully saturated rings. The zero-order valence-corrected chi connectivity index (χ0v) is 19.5. The van der Waals surface area contributed by atoms with E-state index in [9.17, 15) is 4.79 Å². The molecule has 5 nitrogen and oxygen atoms in total. The van der Waals surface area contributed by atoms with Gasteiger partial charge >= 0.3 is 0 Å². The molecule has 0 bridgehead atoms.